The highest BCUT2D eigenvalue weighted by atomic mass is 16.3. The molecule has 0 unspecified atom stereocenters. The largest absolute Gasteiger partial charge is 0.390 e. The van der Waals surface area contributed by atoms with Gasteiger partial charge >= 0.3 is 0 Å². The van der Waals surface area contributed by atoms with Crippen LogP contribution in [0.1, 0.15) is 37.6 Å². The summed E-state index contributed by atoms with van der Waals surface area (Å²) in [6.07, 6.45) is 1.95. The lowest BCUT2D eigenvalue weighted by Gasteiger charge is -2.19. The summed E-state index contributed by atoms with van der Waals surface area (Å²) in [5.41, 5.74) is 6.17. The number of nitrogens with zero attached hydrogens (tertiary/aromatic N) is 2. The summed E-state index contributed by atoms with van der Waals surface area (Å²) >= 11 is 0. The molecular formula is C19H22N2O. The molecule has 2 heterocycles. The van der Waals surface area contributed by atoms with Gasteiger partial charge in [-0.15, -0.1) is 0 Å². The number of rotatable bonds is 2. The molecule has 3 rings (SSSR count). The van der Waals surface area contributed by atoms with Gasteiger partial charge in [-0.2, -0.15) is 0 Å². The number of hydrogen-bond donors (Lipinski definition) is 1. The third kappa shape index (κ3) is 2.42. The minimum atomic E-state index is -0.0268. The summed E-state index contributed by atoms with van der Waals surface area (Å²) in [7, 11) is 0. The summed E-state index contributed by atoms with van der Waals surface area (Å²) in [5.74, 6) is 0. The molecule has 0 atom stereocenters. The second-order valence-electron chi connectivity index (χ2n) is 6.78. The molecule has 0 aliphatic rings. The van der Waals surface area contributed by atoms with Gasteiger partial charge < -0.3 is 9.51 Å². The van der Waals surface area contributed by atoms with Crippen LogP contribution in [0.3, 0.4) is 0 Å². The zero-order valence-corrected chi connectivity index (χ0v) is 13.6. The molecule has 3 aromatic rings. The standard InChI is InChI=1S/C19H22N2O/c1-13-6-5-11-21-16(12-22)17(20-18(13)21)14-7-9-15(10-8-14)19(2,3)4/h5-11,22H,12H2,1-4H3. The highest BCUT2D eigenvalue weighted by molar-refractivity contribution is 5.68. The molecule has 0 spiro atoms. The summed E-state index contributed by atoms with van der Waals surface area (Å²) < 4.78 is 1.97. The van der Waals surface area contributed by atoms with Crippen LogP contribution in [0, 0.1) is 6.92 Å². The number of hydrogen-bond acceptors (Lipinski definition) is 2. The number of imidazole rings is 1. The fourth-order valence-electron chi connectivity index (χ4n) is 2.76. The number of aliphatic hydroxyl groups is 1. The van der Waals surface area contributed by atoms with Gasteiger partial charge in [-0.3, -0.25) is 0 Å². The zero-order chi connectivity index (χ0) is 15.9. The third-order valence-corrected chi connectivity index (χ3v) is 4.12. The summed E-state index contributed by atoms with van der Waals surface area (Å²) in [5, 5.41) is 9.78. The Morgan fingerprint density at radius 3 is 2.36 bits per heavy atom. The van der Waals surface area contributed by atoms with Gasteiger partial charge in [0.15, 0.2) is 0 Å². The molecule has 3 heteroatoms. The molecule has 0 fully saturated rings. The molecule has 22 heavy (non-hydrogen) atoms. The van der Waals surface area contributed by atoms with Crippen LogP contribution in [0.15, 0.2) is 42.6 Å². The lowest BCUT2D eigenvalue weighted by molar-refractivity contribution is 0.276. The molecule has 114 valence electrons. The molecule has 0 aliphatic heterocycles. The van der Waals surface area contributed by atoms with Gasteiger partial charge in [-0.05, 0) is 29.5 Å². The second kappa shape index (κ2) is 5.25. The van der Waals surface area contributed by atoms with Crippen LogP contribution in [0.25, 0.3) is 16.9 Å². The molecule has 1 aromatic carbocycles. The average Bonchev–Trinajstić information content (AvgIpc) is 2.86. The number of aryl methyl sites for hydroxylation is 1. The topological polar surface area (TPSA) is 37.5 Å². The SMILES string of the molecule is Cc1cccn2c(CO)c(-c3ccc(C(C)(C)C)cc3)nc12. The first-order chi connectivity index (χ1) is 10.4. The van der Waals surface area contributed by atoms with Crippen LogP contribution in [-0.2, 0) is 12.0 Å². The second-order valence-corrected chi connectivity index (χ2v) is 6.78. The van der Waals surface area contributed by atoms with Gasteiger partial charge in [0, 0.05) is 11.8 Å². The maximum Gasteiger partial charge on any atom is 0.140 e. The van der Waals surface area contributed by atoms with Gasteiger partial charge in [0.1, 0.15) is 5.65 Å². The number of aliphatic hydroxyl groups excluding tert-OH is 1. The summed E-state index contributed by atoms with van der Waals surface area (Å²) in [6, 6.07) is 12.5. The van der Waals surface area contributed by atoms with E-state index in [0.717, 1.165) is 28.2 Å². The van der Waals surface area contributed by atoms with E-state index in [1.165, 1.54) is 5.56 Å². The number of fused-ring (bicyclic) bond motifs is 1. The maximum atomic E-state index is 9.78. The molecule has 3 nitrogen and oxygen atoms in total. The van der Waals surface area contributed by atoms with E-state index in [1.54, 1.807) is 0 Å². The Morgan fingerprint density at radius 1 is 1.09 bits per heavy atom. The maximum absolute atomic E-state index is 9.78. The fraction of sp³-hybridized carbons (Fsp3) is 0.316. The van der Waals surface area contributed by atoms with Gasteiger partial charge in [0.25, 0.3) is 0 Å². The third-order valence-electron chi connectivity index (χ3n) is 4.12. The zero-order valence-electron chi connectivity index (χ0n) is 13.6. The quantitative estimate of drug-likeness (QED) is 0.772. The van der Waals surface area contributed by atoms with Gasteiger partial charge in [-0.25, -0.2) is 4.98 Å². The van der Waals surface area contributed by atoms with E-state index in [1.807, 2.05) is 29.7 Å². The van der Waals surface area contributed by atoms with Crippen LogP contribution in [0.4, 0.5) is 0 Å². The predicted octanol–water partition coefficient (Wildman–Crippen LogP) is 4.10. The Hall–Kier alpha value is -2.13. The van der Waals surface area contributed by atoms with Crippen LogP contribution < -0.4 is 0 Å². The molecule has 0 aliphatic carbocycles. The first kappa shape index (κ1) is 14.8. The van der Waals surface area contributed by atoms with Crippen LogP contribution in [0.5, 0.6) is 0 Å². The van der Waals surface area contributed by atoms with Crippen molar-refractivity contribution < 1.29 is 5.11 Å². The van der Waals surface area contributed by atoms with E-state index in [9.17, 15) is 5.11 Å². The predicted molar refractivity (Wildman–Crippen MR) is 90.0 cm³/mol. The van der Waals surface area contributed by atoms with E-state index < -0.39 is 0 Å². The average molecular weight is 294 g/mol. The normalized spacial score (nSPS) is 12.0. The number of aromatic nitrogens is 2. The van der Waals surface area contributed by atoms with Crippen molar-refractivity contribution >= 4 is 5.65 Å². The molecule has 0 saturated carbocycles. The Kier molecular flexibility index (Phi) is 3.53. The highest BCUT2D eigenvalue weighted by Crippen LogP contribution is 2.29. The molecule has 1 N–H and O–H groups in total. The van der Waals surface area contributed by atoms with Crippen molar-refractivity contribution in [2.24, 2.45) is 0 Å². The van der Waals surface area contributed by atoms with Crippen molar-refractivity contribution in [2.45, 2.75) is 39.7 Å². The number of pyridine rings is 1. The van der Waals surface area contributed by atoms with Crippen LogP contribution in [-0.4, -0.2) is 14.5 Å². The molecule has 0 radical (unpaired) electrons. The lowest BCUT2D eigenvalue weighted by atomic mass is 9.86. The van der Waals surface area contributed by atoms with Crippen molar-refractivity contribution in [3.05, 3.63) is 59.4 Å². The van der Waals surface area contributed by atoms with Gasteiger partial charge in [0.2, 0.25) is 0 Å². The number of benzene rings is 1. The van der Waals surface area contributed by atoms with E-state index in [0.29, 0.717) is 0 Å². The van der Waals surface area contributed by atoms with Crippen molar-refractivity contribution in [3.8, 4) is 11.3 Å². The Morgan fingerprint density at radius 2 is 1.77 bits per heavy atom. The molecule has 0 amide bonds. The lowest BCUT2D eigenvalue weighted by Crippen LogP contribution is -2.10. The first-order valence-electron chi connectivity index (χ1n) is 7.60. The highest BCUT2D eigenvalue weighted by Gasteiger charge is 2.16. The minimum Gasteiger partial charge on any atom is -0.390 e. The Bertz CT molecular complexity index is 808. The van der Waals surface area contributed by atoms with Crippen LogP contribution in [0.2, 0.25) is 0 Å². The van der Waals surface area contributed by atoms with E-state index in [2.05, 4.69) is 45.0 Å². The molecule has 2 aromatic heterocycles. The smallest absolute Gasteiger partial charge is 0.140 e. The molecular weight excluding hydrogens is 272 g/mol. The Labute approximate surface area is 131 Å². The fourth-order valence-corrected chi connectivity index (χ4v) is 2.76. The molecule has 0 saturated heterocycles. The van der Waals surface area contributed by atoms with Crippen molar-refractivity contribution in [2.75, 3.05) is 0 Å². The van der Waals surface area contributed by atoms with Crippen molar-refractivity contribution in [1.29, 1.82) is 0 Å². The van der Waals surface area contributed by atoms with E-state index in [-0.39, 0.29) is 12.0 Å². The Balaban J connectivity index is 2.16. The summed E-state index contributed by atoms with van der Waals surface area (Å²) in [6.45, 7) is 8.62. The first-order valence-corrected chi connectivity index (χ1v) is 7.60. The van der Waals surface area contributed by atoms with Crippen LogP contribution >= 0.6 is 0 Å². The minimum absolute atomic E-state index is 0.0268. The van der Waals surface area contributed by atoms with Gasteiger partial charge in [0.05, 0.1) is 18.0 Å². The molecule has 0 bridgehead atoms. The van der Waals surface area contributed by atoms with E-state index in [4.69, 9.17) is 4.98 Å². The summed E-state index contributed by atoms with van der Waals surface area (Å²) in [4.78, 5) is 4.75. The van der Waals surface area contributed by atoms with Gasteiger partial charge in [-0.1, -0.05) is 51.1 Å². The van der Waals surface area contributed by atoms with Crippen molar-refractivity contribution in [3.63, 3.8) is 0 Å². The monoisotopic (exact) mass is 294 g/mol. The van der Waals surface area contributed by atoms with E-state index >= 15 is 0 Å². The van der Waals surface area contributed by atoms with Crippen molar-refractivity contribution in [1.82, 2.24) is 9.38 Å².